The third kappa shape index (κ3) is 4.09. The van der Waals surface area contributed by atoms with E-state index in [9.17, 15) is 4.79 Å². The summed E-state index contributed by atoms with van der Waals surface area (Å²) in [4.78, 5) is 14.6. The van der Waals surface area contributed by atoms with Crippen LogP contribution in [-0.4, -0.2) is 62.0 Å². The maximum Gasteiger partial charge on any atom is 0.249 e. The lowest BCUT2D eigenvalue weighted by molar-refractivity contribution is -0.132. The normalized spacial score (nSPS) is 30.0. The Labute approximate surface area is 150 Å². The van der Waals surface area contributed by atoms with Crippen molar-refractivity contribution in [2.24, 2.45) is 5.92 Å². The van der Waals surface area contributed by atoms with Crippen molar-refractivity contribution in [2.75, 3.05) is 39.5 Å². The number of rotatable bonds is 4. The van der Waals surface area contributed by atoms with Crippen molar-refractivity contribution in [1.82, 2.24) is 4.90 Å². The Balaban J connectivity index is 1.22. The van der Waals surface area contributed by atoms with Gasteiger partial charge in [-0.05, 0) is 50.9 Å². The molecule has 3 saturated heterocycles. The molecule has 3 aliphatic heterocycles. The van der Waals surface area contributed by atoms with Crippen LogP contribution >= 0.6 is 0 Å². The van der Waals surface area contributed by atoms with E-state index in [1.807, 2.05) is 4.90 Å². The molecular formula is C20H31NO4. The molecule has 140 valence electrons. The molecule has 4 aliphatic rings. The molecule has 4 rings (SSSR count). The lowest BCUT2D eigenvalue weighted by Gasteiger charge is -2.38. The van der Waals surface area contributed by atoms with Crippen LogP contribution in [0.1, 0.15) is 51.4 Å². The summed E-state index contributed by atoms with van der Waals surface area (Å²) < 4.78 is 17.8. The summed E-state index contributed by atoms with van der Waals surface area (Å²) >= 11 is 0. The zero-order valence-electron chi connectivity index (χ0n) is 15.2. The minimum atomic E-state index is -0.0544. The molecule has 1 aliphatic carbocycles. The summed E-state index contributed by atoms with van der Waals surface area (Å²) in [6, 6.07) is 0. The third-order valence-corrected chi connectivity index (χ3v) is 6.36. The monoisotopic (exact) mass is 349 g/mol. The number of nitrogens with zero attached hydrogens (tertiary/aromatic N) is 1. The Hall–Kier alpha value is -0.910. The molecule has 25 heavy (non-hydrogen) atoms. The maximum atomic E-state index is 12.5. The Morgan fingerprint density at radius 1 is 1.28 bits per heavy atom. The molecule has 0 N–H and O–H groups in total. The second-order valence-corrected chi connectivity index (χ2v) is 8.12. The third-order valence-electron chi connectivity index (χ3n) is 6.36. The number of carbonyl (C=O) groups is 1. The maximum absolute atomic E-state index is 12.5. The number of carbonyl (C=O) groups excluding carboxylic acids is 1. The van der Waals surface area contributed by atoms with E-state index in [0.29, 0.717) is 12.5 Å². The van der Waals surface area contributed by atoms with Gasteiger partial charge in [0, 0.05) is 38.3 Å². The average Bonchev–Trinajstić information content (AvgIpc) is 3.32. The quantitative estimate of drug-likeness (QED) is 0.783. The second kappa shape index (κ2) is 7.77. The standard InChI is InChI=1S/C20H31NO4/c22-19(17-3-1-2-4-17)21-9-7-20(8-10-21)13-18(15-25-20)24-14-16-5-11-23-12-6-16/h3,16,18H,1-2,4-15H2/t18-/m0/s1. The van der Waals surface area contributed by atoms with Crippen LogP contribution in [0.2, 0.25) is 0 Å². The average molecular weight is 349 g/mol. The van der Waals surface area contributed by atoms with Gasteiger partial charge in [0.1, 0.15) is 0 Å². The fourth-order valence-electron chi connectivity index (χ4n) is 4.63. The summed E-state index contributed by atoms with van der Waals surface area (Å²) in [7, 11) is 0. The zero-order chi connectivity index (χ0) is 17.1. The molecule has 0 unspecified atom stereocenters. The van der Waals surface area contributed by atoms with Crippen LogP contribution in [-0.2, 0) is 19.0 Å². The van der Waals surface area contributed by atoms with E-state index >= 15 is 0 Å². The van der Waals surface area contributed by atoms with Gasteiger partial charge in [0.25, 0.3) is 0 Å². The predicted molar refractivity (Wildman–Crippen MR) is 94.3 cm³/mol. The van der Waals surface area contributed by atoms with Crippen LogP contribution in [0.4, 0.5) is 0 Å². The zero-order valence-corrected chi connectivity index (χ0v) is 15.2. The minimum Gasteiger partial charge on any atom is -0.381 e. The second-order valence-electron chi connectivity index (χ2n) is 8.12. The highest BCUT2D eigenvalue weighted by atomic mass is 16.6. The topological polar surface area (TPSA) is 48.0 Å². The molecule has 0 saturated carbocycles. The Kier molecular flexibility index (Phi) is 5.44. The molecule has 0 aromatic heterocycles. The molecule has 0 aromatic carbocycles. The number of allylic oxidation sites excluding steroid dienone is 1. The van der Waals surface area contributed by atoms with E-state index in [0.717, 1.165) is 89.8 Å². The Morgan fingerprint density at radius 2 is 2.08 bits per heavy atom. The van der Waals surface area contributed by atoms with Gasteiger partial charge in [0.2, 0.25) is 5.91 Å². The van der Waals surface area contributed by atoms with Crippen molar-refractivity contribution in [2.45, 2.75) is 63.1 Å². The molecule has 1 atom stereocenters. The molecule has 0 bridgehead atoms. The van der Waals surface area contributed by atoms with Gasteiger partial charge < -0.3 is 19.1 Å². The summed E-state index contributed by atoms with van der Waals surface area (Å²) in [5, 5.41) is 0. The summed E-state index contributed by atoms with van der Waals surface area (Å²) in [6.07, 6.45) is 10.6. The Morgan fingerprint density at radius 3 is 2.80 bits per heavy atom. The van der Waals surface area contributed by atoms with Crippen molar-refractivity contribution in [1.29, 1.82) is 0 Å². The van der Waals surface area contributed by atoms with Crippen molar-refractivity contribution < 1.29 is 19.0 Å². The van der Waals surface area contributed by atoms with E-state index in [1.54, 1.807) is 0 Å². The SMILES string of the molecule is O=C(C1=CCCC1)N1CCC2(CC1)C[C@H](OCC1CCOCC1)CO2. The number of piperidine rings is 1. The molecule has 3 fully saturated rings. The molecule has 5 nitrogen and oxygen atoms in total. The number of hydrogen-bond acceptors (Lipinski definition) is 4. The predicted octanol–water partition coefficient (Wildman–Crippen LogP) is 2.69. The van der Waals surface area contributed by atoms with Crippen LogP contribution in [0.3, 0.4) is 0 Å². The number of amides is 1. The summed E-state index contributed by atoms with van der Waals surface area (Å²) in [5.74, 6) is 0.905. The lowest BCUT2D eigenvalue weighted by Crippen LogP contribution is -2.47. The first-order chi connectivity index (χ1) is 12.2. The highest BCUT2D eigenvalue weighted by Crippen LogP contribution is 2.38. The lowest BCUT2D eigenvalue weighted by atomic mass is 9.87. The molecule has 0 radical (unpaired) electrons. The summed E-state index contributed by atoms with van der Waals surface area (Å²) in [6.45, 7) is 4.94. The minimum absolute atomic E-state index is 0.0544. The number of likely N-dealkylation sites (tertiary alicyclic amines) is 1. The van der Waals surface area contributed by atoms with Crippen molar-refractivity contribution >= 4 is 5.91 Å². The fourth-order valence-corrected chi connectivity index (χ4v) is 4.63. The van der Waals surface area contributed by atoms with Gasteiger partial charge in [-0.2, -0.15) is 0 Å². The number of ether oxygens (including phenoxy) is 3. The fraction of sp³-hybridized carbons (Fsp3) is 0.850. The molecule has 3 heterocycles. The van der Waals surface area contributed by atoms with Gasteiger partial charge in [-0.3, -0.25) is 4.79 Å². The van der Waals surface area contributed by atoms with E-state index in [2.05, 4.69) is 6.08 Å². The molecule has 1 amide bonds. The Bertz CT molecular complexity index is 504. The molecule has 0 aromatic rings. The first-order valence-electron chi connectivity index (χ1n) is 10.1. The van der Waals surface area contributed by atoms with Crippen molar-refractivity contribution in [3.8, 4) is 0 Å². The van der Waals surface area contributed by atoms with Crippen molar-refractivity contribution in [3.05, 3.63) is 11.6 Å². The highest BCUT2D eigenvalue weighted by Gasteiger charge is 2.44. The molecule has 5 heteroatoms. The van der Waals surface area contributed by atoms with Gasteiger partial charge >= 0.3 is 0 Å². The van der Waals surface area contributed by atoms with E-state index in [1.165, 1.54) is 0 Å². The van der Waals surface area contributed by atoms with Gasteiger partial charge in [-0.1, -0.05) is 6.08 Å². The van der Waals surface area contributed by atoms with E-state index in [-0.39, 0.29) is 17.6 Å². The smallest absolute Gasteiger partial charge is 0.249 e. The van der Waals surface area contributed by atoms with Crippen LogP contribution in [0.5, 0.6) is 0 Å². The van der Waals surface area contributed by atoms with Gasteiger partial charge in [-0.15, -0.1) is 0 Å². The first-order valence-corrected chi connectivity index (χ1v) is 10.1. The highest BCUT2D eigenvalue weighted by molar-refractivity contribution is 5.93. The first kappa shape index (κ1) is 17.5. The van der Waals surface area contributed by atoms with E-state index < -0.39 is 0 Å². The summed E-state index contributed by atoms with van der Waals surface area (Å²) in [5.41, 5.74) is 0.974. The van der Waals surface area contributed by atoms with Gasteiger partial charge in [0.05, 0.1) is 24.9 Å². The largest absolute Gasteiger partial charge is 0.381 e. The van der Waals surface area contributed by atoms with Gasteiger partial charge in [0.15, 0.2) is 0 Å². The molecule has 1 spiro atoms. The number of hydrogen-bond donors (Lipinski definition) is 0. The van der Waals surface area contributed by atoms with Crippen LogP contribution in [0.25, 0.3) is 0 Å². The van der Waals surface area contributed by atoms with Crippen molar-refractivity contribution in [3.63, 3.8) is 0 Å². The molecular weight excluding hydrogens is 318 g/mol. The van der Waals surface area contributed by atoms with Crippen LogP contribution in [0.15, 0.2) is 11.6 Å². The van der Waals surface area contributed by atoms with Crippen LogP contribution < -0.4 is 0 Å². The van der Waals surface area contributed by atoms with Crippen LogP contribution in [0, 0.1) is 5.92 Å². The van der Waals surface area contributed by atoms with E-state index in [4.69, 9.17) is 14.2 Å². The van der Waals surface area contributed by atoms with Gasteiger partial charge in [-0.25, -0.2) is 0 Å².